The summed E-state index contributed by atoms with van der Waals surface area (Å²) in [7, 11) is 0. The van der Waals surface area contributed by atoms with Crippen LogP contribution in [0.3, 0.4) is 0 Å². The number of hydrogen-bond donors (Lipinski definition) is 1. The fourth-order valence-electron chi connectivity index (χ4n) is 5.61. The Hall–Kier alpha value is -3.27. The number of ketones is 1. The van der Waals surface area contributed by atoms with Crippen molar-refractivity contribution >= 4 is 38.4 Å². The molecule has 0 fully saturated rings. The van der Waals surface area contributed by atoms with E-state index >= 15 is 0 Å². The minimum Gasteiger partial charge on any atom is -0.512 e. The van der Waals surface area contributed by atoms with Crippen LogP contribution in [-0.2, 0) is 30.3 Å². The number of carbonyl (C=O) groups is 1. The standard InChI is InChI=1S/C25H20NO.C13H24O2.Ir/c1-25(2,3)21-15-17(14-16-8-4-5-9-18(16)21)23-20-12-13-27-24(20)19-10-6-7-11-22(19)26-23;1-5-10(6-2)12(14)9-13(15)11(7-3)8-4;/h4-13,15H,1-3H3;9-11,14H,5-8H2,1-4H3;/q-1;;/b;12-9-;. The third-order valence-corrected chi connectivity index (χ3v) is 8.22. The first-order valence-corrected chi connectivity index (χ1v) is 15.3. The molecule has 0 saturated heterocycles. The van der Waals surface area contributed by atoms with Crippen LogP contribution in [-0.4, -0.2) is 15.9 Å². The first kappa shape index (κ1) is 34.2. The van der Waals surface area contributed by atoms with Crippen molar-refractivity contribution < 1.29 is 34.4 Å². The zero-order valence-corrected chi connectivity index (χ0v) is 28.9. The molecule has 0 saturated carbocycles. The van der Waals surface area contributed by atoms with Gasteiger partial charge in [-0.1, -0.05) is 89.7 Å². The topological polar surface area (TPSA) is 63.3 Å². The van der Waals surface area contributed by atoms with Gasteiger partial charge in [-0.25, -0.2) is 0 Å². The summed E-state index contributed by atoms with van der Waals surface area (Å²) in [5.41, 5.74) is 5.08. The number of aromatic nitrogens is 1. The van der Waals surface area contributed by atoms with E-state index in [1.807, 2.05) is 52.0 Å². The molecule has 0 aliphatic rings. The molecule has 0 bridgehead atoms. The number of para-hydroxylation sites is 1. The number of nitrogens with zero attached hydrogens (tertiary/aromatic N) is 1. The van der Waals surface area contributed by atoms with Crippen molar-refractivity contribution in [2.75, 3.05) is 0 Å². The maximum Gasteiger partial charge on any atom is 0.162 e. The predicted molar refractivity (Wildman–Crippen MR) is 176 cm³/mol. The van der Waals surface area contributed by atoms with E-state index in [2.05, 4.69) is 63.2 Å². The second-order valence-corrected chi connectivity index (χ2v) is 12.0. The normalized spacial score (nSPS) is 12.1. The van der Waals surface area contributed by atoms with E-state index in [1.165, 1.54) is 17.0 Å². The first-order valence-electron chi connectivity index (χ1n) is 15.3. The maximum absolute atomic E-state index is 11.7. The molecule has 1 N–H and O–H groups in total. The van der Waals surface area contributed by atoms with Crippen molar-refractivity contribution in [3.63, 3.8) is 0 Å². The molecule has 2 aromatic heterocycles. The SMILES string of the molecule is CC(C)(C)c1cc(-c2nc3ccccc3c3occc23)[c-]c2ccccc12.CCC(CC)C(=O)/C=C(\O)C(CC)CC.[Ir]. The minimum atomic E-state index is 0. The molecule has 229 valence electrons. The molecular formula is C38H44IrNO3-. The average molecular weight is 755 g/mol. The molecule has 5 aromatic rings. The van der Waals surface area contributed by atoms with Crippen molar-refractivity contribution in [2.24, 2.45) is 11.8 Å². The molecule has 4 nitrogen and oxygen atoms in total. The van der Waals surface area contributed by atoms with Crippen LogP contribution in [0.2, 0.25) is 0 Å². The molecule has 0 amide bonds. The molecular weight excluding hydrogens is 711 g/mol. The van der Waals surface area contributed by atoms with Gasteiger partial charge < -0.3 is 9.52 Å². The maximum atomic E-state index is 11.7. The molecule has 1 radical (unpaired) electrons. The summed E-state index contributed by atoms with van der Waals surface area (Å²) in [5, 5.41) is 14.2. The van der Waals surface area contributed by atoms with Gasteiger partial charge in [0.15, 0.2) is 5.78 Å². The van der Waals surface area contributed by atoms with E-state index < -0.39 is 0 Å². The molecule has 0 unspecified atom stereocenters. The van der Waals surface area contributed by atoms with Crippen LogP contribution >= 0.6 is 0 Å². The van der Waals surface area contributed by atoms with Crippen LogP contribution in [0.1, 0.15) is 79.7 Å². The first-order chi connectivity index (χ1) is 20.1. The van der Waals surface area contributed by atoms with Crippen LogP contribution in [0.5, 0.6) is 0 Å². The van der Waals surface area contributed by atoms with Crippen molar-refractivity contribution in [2.45, 2.75) is 79.6 Å². The Morgan fingerprint density at radius 3 is 2.12 bits per heavy atom. The number of fused-ring (bicyclic) bond motifs is 4. The van der Waals surface area contributed by atoms with Crippen molar-refractivity contribution in [3.05, 3.63) is 90.4 Å². The largest absolute Gasteiger partial charge is 0.512 e. The molecule has 3 aromatic carbocycles. The summed E-state index contributed by atoms with van der Waals surface area (Å²) >= 11 is 0. The Labute approximate surface area is 270 Å². The third kappa shape index (κ3) is 7.63. The molecule has 43 heavy (non-hydrogen) atoms. The Balaban J connectivity index is 0.000000274. The number of allylic oxidation sites excluding steroid dienone is 2. The Bertz CT molecular complexity index is 1700. The van der Waals surface area contributed by atoms with Gasteiger partial charge in [-0.2, -0.15) is 0 Å². The number of benzene rings is 3. The van der Waals surface area contributed by atoms with Gasteiger partial charge >= 0.3 is 0 Å². The van der Waals surface area contributed by atoms with Crippen LogP contribution in [0.15, 0.2) is 83.2 Å². The summed E-state index contributed by atoms with van der Waals surface area (Å²) < 4.78 is 5.82. The van der Waals surface area contributed by atoms with Gasteiger partial charge in [-0.3, -0.25) is 9.78 Å². The molecule has 2 heterocycles. The molecule has 0 aliphatic carbocycles. The number of pyridine rings is 1. The monoisotopic (exact) mass is 755 g/mol. The zero-order chi connectivity index (χ0) is 30.4. The quantitative estimate of drug-likeness (QED) is 0.0973. The van der Waals surface area contributed by atoms with Gasteiger partial charge in [-0.15, -0.1) is 29.1 Å². The number of rotatable bonds is 8. The minimum absolute atomic E-state index is 0. The van der Waals surface area contributed by atoms with Gasteiger partial charge in [0.05, 0.1) is 17.5 Å². The Kier molecular flexibility index (Phi) is 11.9. The van der Waals surface area contributed by atoms with Gasteiger partial charge in [0.25, 0.3) is 0 Å². The molecule has 0 spiro atoms. The number of aliphatic hydroxyl groups is 1. The van der Waals surface area contributed by atoms with E-state index in [1.54, 1.807) is 6.26 Å². The van der Waals surface area contributed by atoms with Crippen molar-refractivity contribution in [3.8, 4) is 11.3 Å². The third-order valence-electron chi connectivity index (χ3n) is 8.22. The molecule has 5 heteroatoms. The summed E-state index contributed by atoms with van der Waals surface area (Å²) in [5.74, 6) is 0.547. The fraction of sp³-hybridized carbons (Fsp3) is 0.368. The van der Waals surface area contributed by atoms with Crippen LogP contribution < -0.4 is 0 Å². The smallest absolute Gasteiger partial charge is 0.162 e. The second-order valence-electron chi connectivity index (χ2n) is 12.0. The predicted octanol–water partition coefficient (Wildman–Crippen LogP) is 10.8. The van der Waals surface area contributed by atoms with E-state index in [-0.39, 0.29) is 48.9 Å². The summed E-state index contributed by atoms with van der Waals surface area (Å²) in [6.45, 7) is 14.8. The zero-order valence-electron chi connectivity index (χ0n) is 26.5. The van der Waals surface area contributed by atoms with E-state index in [0.29, 0.717) is 0 Å². The Morgan fingerprint density at radius 2 is 1.49 bits per heavy atom. The van der Waals surface area contributed by atoms with Gasteiger partial charge in [0.2, 0.25) is 0 Å². The number of furan rings is 1. The van der Waals surface area contributed by atoms with Gasteiger partial charge in [0.1, 0.15) is 5.58 Å². The van der Waals surface area contributed by atoms with E-state index in [0.717, 1.165) is 64.2 Å². The second kappa shape index (κ2) is 14.9. The number of aliphatic hydroxyl groups excluding tert-OH is 1. The fourth-order valence-corrected chi connectivity index (χ4v) is 5.61. The summed E-state index contributed by atoms with van der Waals surface area (Å²) in [6, 6.07) is 24.4. The molecule has 0 atom stereocenters. The number of carbonyl (C=O) groups excluding carboxylic acids is 1. The molecule has 0 aliphatic heterocycles. The molecule has 5 rings (SSSR count). The van der Waals surface area contributed by atoms with Crippen LogP contribution in [0.4, 0.5) is 0 Å². The van der Waals surface area contributed by atoms with Crippen LogP contribution in [0.25, 0.3) is 43.9 Å². The van der Waals surface area contributed by atoms with Gasteiger partial charge in [0, 0.05) is 54.5 Å². The van der Waals surface area contributed by atoms with Crippen molar-refractivity contribution in [1.82, 2.24) is 4.98 Å². The van der Waals surface area contributed by atoms with Crippen LogP contribution in [0, 0.1) is 17.9 Å². The average Bonchev–Trinajstić information content (AvgIpc) is 3.48. The van der Waals surface area contributed by atoms with E-state index in [4.69, 9.17) is 9.40 Å². The van der Waals surface area contributed by atoms with E-state index in [9.17, 15) is 9.90 Å². The summed E-state index contributed by atoms with van der Waals surface area (Å²) in [6.07, 6.45) is 6.65. The van der Waals surface area contributed by atoms with Gasteiger partial charge in [-0.05, 0) is 49.3 Å². The van der Waals surface area contributed by atoms with Crippen molar-refractivity contribution in [1.29, 1.82) is 0 Å². The summed E-state index contributed by atoms with van der Waals surface area (Å²) in [4.78, 5) is 16.7. The Morgan fingerprint density at radius 1 is 0.884 bits per heavy atom. The number of hydrogen-bond acceptors (Lipinski definition) is 4.